The van der Waals surface area contributed by atoms with Gasteiger partial charge in [-0.3, -0.25) is 0 Å². The fraction of sp³-hybridized carbons (Fsp3) is 1.00. The normalized spacial score (nSPS) is 24.0. The largest absolute Gasteiger partial charge is 0.389 e. The first kappa shape index (κ1) is 16.9. The van der Waals surface area contributed by atoms with Crippen molar-refractivity contribution in [3.05, 3.63) is 0 Å². The molecule has 1 aliphatic rings. The van der Waals surface area contributed by atoms with Crippen molar-refractivity contribution < 1.29 is 14.6 Å². The SMILES string of the molecule is COCC(C)OCC(O)CN(C)CC1CCN(C)C1. The van der Waals surface area contributed by atoms with Gasteiger partial charge in [0, 0.05) is 26.7 Å². The van der Waals surface area contributed by atoms with Crippen molar-refractivity contribution in [2.45, 2.75) is 25.6 Å². The Morgan fingerprint density at radius 2 is 2.16 bits per heavy atom. The van der Waals surface area contributed by atoms with Crippen molar-refractivity contribution in [1.29, 1.82) is 0 Å². The highest BCUT2D eigenvalue weighted by Crippen LogP contribution is 2.15. The first-order valence-corrected chi connectivity index (χ1v) is 7.17. The minimum absolute atomic E-state index is 0.0356. The first-order chi connectivity index (χ1) is 9.01. The van der Waals surface area contributed by atoms with Crippen molar-refractivity contribution in [3.8, 4) is 0 Å². The van der Waals surface area contributed by atoms with Crippen LogP contribution in [0.3, 0.4) is 0 Å². The van der Waals surface area contributed by atoms with Crippen LogP contribution in [0.25, 0.3) is 0 Å². The molecule has 0 spiro atoms. The molecule has 19 heavy (non-hydrogen) atoms. The Bertz CT molecular complexity index is 241. The summed E-state index contributed by atoms with van der Waals surface area (Å²) in [6.45, 7) is 6.97. The lowest BCUT2D eigenvalue weighted by atomic mass is 10.1. The summed E-state index contributed by atoms with van der Waals surface area (Å²) in [5, 5.41) is 9.94. The highest BCUT2D eigenvalue weighted by Gasteiger charge is 2.21. The number of hydrogen-bond acceptors (Lipinski definition) is 5. The van der Waals surface area contributed by atoms with Crippen LogP contribution in [-0.4, -0.2) is 87.7 Å². The third kappa shape index (κ3) is 7.22. The van der Waals surface area contributed by atoms with Crippen molar-refractivity contribution in [3.63, 3.8) is 0 Å². The Morgan fingerprint density at radius 3 is 2.74 bits per heavy atom. The highest BCUT2D eigenvalue weighted by molar-refractivity contribution is 4.76. The van der Waals surface area contributed by atoms with E-state index in [1.807, 2.05) is 6.92 Å². The molecule has 0 radical (unpaired) electrons. The van der Waals surface area contributed by atoms with Crippen LogP contribution >= 0.6 is 0 Å². The molecule has 1 fully saturated rings. The van der Waals surface area contributed by atoms with Crippen LogP contribution in [0.1, 0.15) is 13.3 Å². The van der Waals surface area contributed by atoms with E-state index in [0.29, 0.717) is 19.8 Å². The van der Waals surface area contributed by atoms with E-state index < -0.39 is 6.10 Å². The zero-order valence-corrected chi connectivity index (χ0v) is 12.8. The summed E-state index contributed by atoms with van der Waals surface area (Å²) in [6.07, 6.45) is 0.870. The summed E-state index contributed by atoms with van der Waals surface area (Å²) in [4.78, 5) is 4.57. The van der Waals surface area contributed by atoms with Gasteiger partial charge in [-0.05, 0) is 39.9 Å². The summed E-state index contributed by atoms with van der Waals surface area (Å²) in [6, 6.07) is 0. The van der Waals surface area contributed by atoms with Gasteiger partial charge >= 0.3 is 0 Å². The minimum Gasteiger partial charge on any atom is -0.389 e. The van der Waals surface area contributed by atoms with E-state index >= 15 is 0 Å². The van der Waals surface area contributed by atoms with Gasteiger partial charge in [0.05, 0.1) is 25.4 Å². The summed E-state index contributed by atoms with van der Waals surface area (Å²) in [5.74, 6) is 0.732. The van der Waals surface area contributed by atoms with Gasteiger partial charge in [0.2, 0.25) is 0 Å². The Hall–Kier alpha value is -0.200. The monoisotopic (exact) mass is 274 g/mol. The topological polar surface area (TPSA) is 45.2 Å². The quantitative estimate of drug-likeness (QED) is 0.654. The smallest absolute Gasteiger partial charge is 0.0900 e. The summed E-state index contributed by atoms with van der Waals surface area (Å²) in [7, 11) is 5.89. The molecule has 0 amide bonds. The van der Waals surface area contributed by atoms with Crippen LogP contribution in [0.4, 0.5) is 0 Å². The third-order valence-electron chi connectivity index (χ3n) is 3.56. The molecule has 1 aliphatic heterocycles. The molecule has 1 N–H and O–H groups in total. The van der Waals surface area contributed by atoms with E-state index in [4.69, 9.17) is 9.47 Å². The lowest BCUT2D eigenvalue weighted by Gasteiger charge is -2.24. The second-order valence-electron chi connectivity index (χ2n) is 5.89. The van der Waals surface area contributed by atoms with Crippen molar-refractivity contribution in [2.24, 2.45) is 5.92 Å². The van der Waals surface area contributed by atoms with E-state index in [9.17, 15) is 5.11 Å². The molecule has 3 unspecified atom stereocenters. The van der Waals surface area contributed by atoms with Crippen molar-refractivity contribution in [1.82, 2.24) is 9.80 Å². The van der Waals surface area contributed by atoms with E-state index in [2.05, 4.69) is 23.9 Å². The number of nitrogens with zero attached hydrogens (tertiary/aromatic N) is 2. The summed E-state index contributed by atoms with van der Waals surface area (Å²) < 4.78 is 10.5. The highest BCUT2D eigenvalue weighted by atomic mass is 16.5. The average Bonchev–Trinajstić information content (AvgIpc) is 2.72. The van der Waals surface area contributed by atoms with Crippen LogP contribution in [0, 0.1) is 5.92 Å². The molecule has 0 saturated carbocycles. The molecule has 1 heterocycles. The predicted molar refractivity (Wildman–Crippen MR) is 76.4 cm³/mol. The van der Waals surface area contributed by atoms with E-state index in [1.54, 1.807) is 7.11 Å². The molecule has 114 valence electrons. The third-order valence-corrected chi connectivity index (χ3v) is 3.56. The Balaban J connectivity index is 2.11. The second-order valence-corrected chi connectivity index (χ2v) is 5.89. The van der Waals surface area contributed by atoms with Crippen LogP contribution in [0.2, 0.25) is 0 Å². The number of aliphatic hydroxyl groups is 1. The van der Waals surface area contributed by atoms with E-state index in [-0.39, 0.29) is 6.10 Å². The molecule has 0 aliphatic carbocycles. The molecule has 5 nitrogen and oxygen atoms in total. The van der Waals surface area contributed by atoms with Crippen LogP contribution in [0.5, 0.6) is 0 Å². The average molecular weight is 274 g/mol. The van der Waals surface area contributed by atoms with E-state index in [0.717, 1.165) is 12.5 Å². The maximum Gasteiger partial charge on any atom is 0.0900 e. The van der Waals surface area contributed by atoms with E-state index in [1.165, 1.54) is 19.5 Å². The maximum absolute atomic E-state index is 9.94. The number of hydrogen-bond donors (Lipinski definition) is 1. The van der Waals surface area contributed by atoms with Crippen molar-refractivity contribution >= 4 is 0 Å². The summed E-state index contributed by atoms with van der Waals surface area (Å²) >= 11 is 0. The number of methoxy groups -OCH3 is 1. The molecule has 0 bridgehead atoms. The van der Waals surface area contributed by atoms with Gasteiger partial charge in [0.25, 0.3) is 0 Å². The second kappa shape index (κ2) is 8.87. The van der Waals surface area contributed by atoms with Gasteiger partial charge in [0.1, 0.15) is 0 Å². The molecule has 1 rings (SSSR count). The predicted octanol–water partition coefficient (Wildman–Crippen LogP) is 0.282. The van der Waals surface area contributed by atoms with Gasteiger partial charge in [-0.2, -0.15) is 0 Å². The number of likely N-dealkylation sites (N-methyl/N-ethyl adjacent to an activating group) is 1. The van der Waals surface area contributed by atoms with Crippen LogP contribution < -0.4 is 0 Å². The minimum atomic E-state index is -0.427. The first-order valence-electron chi connectivity index (χ1n) is 7.17. The van der Waals surface area contributed by atoms with Gasteiger partial charge in [-0.25, -0.2) is 0 Å². The molecule has 3 atom stereocenters. The fourth-order valence-corrected chi connectivity index (χ4v) is 2.66. The standard InChI is InChI=1S/C14H30N2O3/c1-12(10-18-4)19-11-14(17)9-16(3)8-13-5-6-15(2)7-13/h12-14,17H,5-11H2,1-4H3. The van der Waals surface area contributed by atoms with Crippen LogP contribution in [0.15, 0.2) is 0 Å². The lowest BCUT2D eigenvalue weighted by molar-refractivity contribution is -0.0387. The van der Waals surface area contributed by atoms with Gasteiger partial charge in [-0.15, -0.1) is 0 Å². The molecule has 1 saturated heterocycles. The number of likely N-dealkylation sites (tertiary alicyclic amines) is 1. The van der Waals surface area contributed by atoms with Crippen LogP contribution in [-0.2, 0) is 9.47 Å². The number of rotatable bonds is 9. The zero-order valence-electron chi connectivity index (χ0n) is 12.8. The zero-order chi connectivity index (χ0) is 14.3. The molecule has 0 aromatic rings. The maximum atomic E-state index is 9.94. The number of aliphatic hydroxyl groups excluding tert-OH is 1. The molecule has 0 aromatic carbocycles. The molecular formula is C14H30N2O3. The summed E-state index contributed by atoms with van der Waals surface area (Å²) in [5.41, 5.74) is 0. The Kier molecular flexibility index (Phi) is 7.87. The lowest BCUT2D eigenvalue weighted by Crippen LogP contribution is -2.36. The molecule has 0 aromatic heterocycles. The van der Waals surface area contributed by atoms with Gasteiger partial charge in [-0.1, -0.05) is 0 Å². The number of ether oxygens (including phenoxy) is 2. The Labute approximate surface area is 117 Å². The molecular weight excluding hydrogens is 244 g/mol. The van der Waals surface area contributed by atoms with Gasteiger partial charge in [0.15, 0.2) is 0 Å². The Morgan fingerprint density at radius 1 is 1.42 bits per heavy atom. The fourth-order valence-electron chi connectivity index (χ4n) is 2.66. The van der Waals surface area contributed by atoms with Crippen molar-refractivity contribution in [2.75, 3.05) is 60.6 Å². The van der Waals surface area contributed by atoms with Gasteiger partial charge < -0.3 is 24.4 Å². The molecule has 5 heteroatoms.